The molecular weight excluding hydrogens is 243 g/mol. The van der Waals surface area contributed by atoms with E-state index in [1.165, 1.54) is 0 Å². The van der Waals surface area contributed by atoms with E-state index in [0.717, 1.165) is 36.1 Å². The highest BCUT2D eigenvalue weighted by Gasteiger charge is 2.22. The molecule has 0 radical (unpaired) electrons. The van der Waals surface area contributed by atoms with Gasteiger partial charge in [0, 0.05) is 12.6 Å². The summed E-state index contributed by atoms with van der Waals surface area (Å²) in [6.45, 7) is 0.826. The van der Waals surface area contributed by atoms with Crippen molar-refractivity contribution in [3.63, 3.8) is 0 Å². The lowest BCUT2D eigenvalue weighted by atomic mass is 10.1. The Morgan fingerprint density at radius 1 is 1.39 bits per heavy atom. The Bertz CT molecular complexity index is 486. The molecule has 0 N–H and O–H groups in total. The first kappa shape index (κ1) is 12.4. The average Bonchev–Trinajstić information content (AvgIpc) is 2.38. The molecule has 2 rings (SSSR count). The lowest BCUT2D eigenvalue weighted by molar-refractivity contribution is -0.385. The van der Waals surface area contributed by atoms with Crippen LogP contribution in [-0.2, 0) is 4.84 Å². The number of halogens is 1. The zero-order valence-corrected chi connectivity index (χ0v) is 9.47. The summed E-state index contributed by atoms with van der Waals surface area (Å²) in [5, 5.41) is 11.7. The van der Waals surface area contributed by atoms with Crippen LogP contribution in [0.25, 0.3) is 0 Å². The summed E-state index contributed by atoms with van der Waals surface area (Å²) < 4.78 is 13.2. The Morgan fingerprint density at radius 2 is 2.17 bits per heavy atom. The van der Waals surface area contributed by atoms with Crippen molar-refractivity contribution in [1.82, 2.24) is 5.06 Å². The Kier molecular flexibility index (Phi) is 3.52. The van der Waals surface area contributed by atoms with E-state index in [4.69, 9.17) is 4.84 Å². The molecule has 0 aliphatic carbocycles. The van der Waals surface area contributed by atoms with E-state index in [1.54, 1.807) is 0 Å². The van der Waals surface area contributed by atoms with E-state index in [-0.39, 0.29) is 5.56 Å². The molecule has 1 aliphatic rings. The monoisotopic (exact) mass is 254 g/mol. The van der Waals surface area contributed by atoms with Crippen LogP contribution in [-0.4, -0.2) is 29.0 Å². The van der Waals surface area contributed by atoms with Crippen LogP contribution in [0.15, 0.2) is 18.2 Å². The minimum atomic E-state index is -0.815. The molecular formula is C11H11FN2O4. The van der Waals surface area contributed by atoms with Crippen LogP contribution in [0.5, 0.6) is 0 Å². The third-order valence-electron chi connectivity index (χ3n) is 2.57. The van der Waals surface area contributed by atoms with E-state index >= 15 is 0 Å². The number of nitro groups is 1. The molecule has 1 aromatic rings. The van der Waals surface area contributed by atoms with E-state index in [1.807, 2.05) is 0 Å². The van der Waals surface area contributed by atoms with Gasteiger partial charge in [0.2, 0.25) is 0 Å². The molecule has 1 saturated heterocycles. The van der Waals surface area contributed by atoms with Gasteiger partial charge in [0.05, 0.1) is 23.2 Å². The first-order valence-corrected chi connectivity index (χ1v) is 5.47. The predicted molar refractivity (Wildman–Crippen MR) is 59.3 cm³/mol. The molecule has 1 aliphatic heterocycles. The third-order valence-corrected chi connectivity index (χ3v) is 2.57. The molecule has 0 aromatic heterocycles. The van der Waals surface area contributed by atoms with Gasteiger partial charge >= 0.3 is 0 Å². The van der Waals surface area contributed by atoms with E-state index in [9.17, 15) is 19.3 Å². The van der Waals surface area contributed by atoms with Crippen molar-refractivity contribution in [2.45, 2.75) is 12.8 Å². The number of carbonyl (C=O) groups excluding carboxylic acids is 1. The third kappa shape index (κ3) is 2.62. The lowest BCUT2D eigenvalue weighted by Gasteiger charge is -2.25. The number of rotatable bonds is 2. The first-order chi connectivity index (χ1) is 8.58. The van der Waals surface area contributed by atoms with Gasteiger partial charge in [-0.1, -0.05) is 0 Å². The fourth-order valence-corrected chi connectivity index (χ4v) is 1.70. The zero-order valence-electron chi connectivity index (χ0n) is 9.47. The van der Waals surface area contributed by atoms with E-state index in [0.29, 0.717) is 13.2 Å². The van der Waals surface area contributed by atoms with Gasteiger partial charge in [0.15, 0.2) is 0 Å². The van der Waals surface area contributed by atoms with Gasteiger partial charge in [0.25, 0.3) is 11.6 Å². The van der Waals surface area contributed by atoms with Crippen molar-refractivity contribution in [2.24, 2.45) is 0 Å². The normalized spacial score (nSPS) is 15.5. The van der Waals surface area contributed by atoms with Crippen LogP contribution in [0, 0.1) is 15.9 Å². The molecule has 1 aromatic carbocycles. The highest BCUT2D eigenvalue weighted by atomic mass is 19.1. The average molecular weight is 254 g/mol. The van der Waals surface area contributed by atoms with E-state index < -0.39 is 22.3 Å². The number of benzene rings is 1. The highest BCUT2D eigenvalue weighted by molar-refractivity contribution is 5.94. The summed E-state index contributed by atoms with van der Waals surface area (Å²) in [6, 6.07) is 2.78. The lowest BCUT2D eigenvalue weighted by Crippen LogP contribution is -2.35. The quantitative estimate of drug-likeness (QED) is 0.596. The number of hydrogen-bond acceptors (Lipinski definition) is 4. The summed E-state index contributed by atoms with van der Waals surface area (Å²) in [7, 11) is 0. The van der Waals surface area contributed by atoms with Gasteiger partial charge in [-0.25, -0.2) is 9.45 Å². The van der Waals surface area contributed by atoms with Crippen molar-refractivity contribution >= 4 is 11.6 Å². The van der Waals surface area contributed by atoms with Crippen LogP contribution in [0.2, 0.25) is 0 Å². The van der Waals surface area contributed by atoms with E-state index in [2.05, 4.69) is 0 Å². The summed E-state index contributed by atoms with van der Waals surface area (Å²) in [5.74, 6) is -1.37. The van der Waals surface area contributed by atoms with Crippen LogP contribution < -0.4 is 0 Å². The number of nitro benzene ring substituents is 1. The summed E-state index contributed by atoms with van der Waals surface area (Å²) in [5.41, 5.74) is -0.529. The number of nitrogens with zero attached hydrogens (tertiary/aromatic N) is 2. The van der Waals surface area contributed by atoms with Crippen molar-refractivity contribution < 1.29 is 18.9 Å². The Labute approximate surface area is 102 Å². The van der Waals surface area contributed by atoms with Gasteiger partial charge in [-0.15, -0.1) is 0 Å². The molecule has 1 heterocycles. The largest absolute Gasteiger partial charge is 0.277 e. The Hall–Kier alpha value is -2.02. The number of hydroxylamine groups is 2. The van der Waals surface area contributed by atoms with Crippen LogP contribution in [0.1, 0.15) is 23.2 Å². The fraction of sp³-hybridized carbons (Fsp3) is 0.364. The fourth-order valence-electron chi connectivity index (χ4n) is 1.70. The second-order valence-electron chi connectivity index (χ2n) is 3.90. The van der Waals surface area contributed by atoms with Crippen LogP contribution in [0.3, 0.4) is 0 Å². The standard InChI is InChI=1S/C11H11FN2O4/c12-9-5-8(6-10(7-9)14(16)17)11(15)13-3-1-2-4-18-13/h5-7H,1-4H2. The summed E-state index contributed by atoms with van der Waals surface area (Å²) in [4.78, 5) is 26.9. The second kappa shape index (κ2) is 5.09. The van der Waals surface area contributed by atoms with Gasteiger partial charge in [-0.2, -0.15) is 0 Å². The van der Waals surface area contributed by atoms with Crippen molar-refractivity contribution in [3.8, 4) is 0 Å². The van der Waals surface area contributed by atoms with Crippen LogP contribution in [0.4, 0.5) is 10.1 Å². The maximum absolute atomic E-state index is 13.2. The summed E-state index contributed by atoms with van der Waals surface area (Å²) in [6.07, 6.45) is 1.65. The minimum Gasteiger partial charge on any atom is -0.271 e. The SMILES string of the molecule is O=C(c1cc(F)cc([N+](=O)[O-])c1)N1CCCCO1. The second-order valence-corrected chi connectivity index (χ2v) is 3.90. The molecule has 0 spiro atoms. The van der Waals surface area contributed by atoms with Gasteiger partial charge in [-0.05, 0) is 18.9 Å². The molecule has 1 fully saturated rings. The topological polar surface area (TPSA) is 72.7 Å². The predicted octanol–water partition coefficient (Wildman–Crippen LogP) is 1.90. The molecule has 0 saturated carbocycles. The van der Waals surface area contributed by atoms with Crippen molar-refractivity contribution in [3.05, 3.63) is 39.7 Å². The van der Waals surface area contributed by atoms with Crippen LogP contribution >= 0.6 is 0 Å². The van der Waals surface area contributed by atoms with Gasteiger partial charge in [-0.3, -0.25) is 19.7 Å². The maximum Gasteiger partial charge on any atom is 0.277 e. The molecule has 0 unspecified atom stereocenters. The molecule has 0 bridgehead atoms. The molecule has 96 valence electrons. The number of hydrogen-bond donors (Lipinski definition) is 0. The Balaban J connectivity index is 2.26. The van der Waals surface area contributed by atoms with Gasteiger partial charge in [0.1, 0.15) is 5.82 Å². The molecule has 1 amide bonds. The Morgan fingerprint density at radius 3 is 2.78 bits per heavy atom. The highest BCUT2D eigenvalue weighted by Crippen LogP contribution is 2.19. The van der Waals surface area contributed by atoms with Gasteiger partial charge < -0.3 is 0 Å². The molecule has 6 nitrogen and oxygen atoms in total. The van der Waals surface area contributed by atoms with Crippen molar-refractivity contribution in [2.75, 3.05) is 13.2 Å². The smallest absolute Gasteiger partial charge is 0.271 e. The summed E-state index contributed by atoms with van der Waals surface area (Å²) >= 11 is 0. The van der Waals surface area contributed by atoms with Crippen molar-refractivity contribution in [1.29, 1.82) is 0 Å². The molecule has 18 heavy (non-hydrogen) atoms. The first-order valence-electron chi connectivity index (χ1n) is 5.47. The number of carbonyl (C=O) groups is 1. The zero-order chi connectivity index (χ0) is 13.1. The number of amides is 1. The molecule has 0 atom stereocenters. The minimum absolute atomic E-state index is 0.0800. The molecule has 7 heteroatoms. The number of non-ortho nitro benzene ring substituents is 1. The maximum atomic E-state index is 13.2.